The topological polar surface area (TPSA) is 93.5 Å². The number of carbonyl (C=O) groups excluding carboxylic acids is 1. The van der Waals surface area contributed by atoms with E-state index in [9.17, 15) is 49.8 Å². The highest BCUT2D eigenvalue weighted by molar-refractivity contribution is 6.03. The lowest BCUT2D eigenvalue weighted by Crippen LogP contribution is -2.42. The van der Waals surface area contributed by atoms with Crippen molar-refractivity contribution in [2.45, 2.75) is 24.6 Å². The van der Waals surface area contributed by atoms with Crippen LogP contribution < -0.4 is 15.6 Å². The Hall–Kier alpha value is -4.01. The number of alkyl halides is 7. The number of benzene rings is 1. The van der Waals surface area contributed by atoms with Gasteiger partial charge in [-0.2, -0.15) is 13.2 Å². The summed E-state index contributed by atoms with van der Waals surface area (Å²) < 4.78 is 109. The van der Waals surface area contributed by atoms with Crippen molar-refractivity contribution in [3.8, 4) is 11.4 Å². The van der Waals surface area contributed by atoms with Crippen LogP contribution in [0, 0.1) is 5.82 Å². The van der Waals surface area contributed by atoms with Gasteiger partial charge in [0.1, 0.15) is 17.1 Å². The first-order valence-corrected chi connectivity index (χ1v) is 10.0. The number of amides is 1. The molecule has 15 heteroatoms. The highest BCUT2D eigenvalue weighted by atomic mass is 19.4. The van der Waals surface area contributed by atoms with Gasteiger partial charge >= 0.3 is 6.18 Å². The van der Waals surface area contributed by atoms with E-state index in [1.807, 2.05) is 0 Å². The second-order valence-electron chi connectivity index (χ2n) is 7.43. The average molecular weight is 537 g/mol. The van der Waals surface area contributed by atoms with Crippen LogP contribution in [0.25, 0.3) is 5.69 Å². The Morgan fingerprint density at radius 3 is 2.32 bits per heavy atom. The molecule has 3 aromatic rings. The highest BCUT2D eigenvalue weighted by Crippen LogP contribution is 2.34. The van der Waals surface area contributed by atoms with Gasteiger partial charge in [-0.3, -0.25) is 19.1 Å². The van der Waals surface area contributed by atoms with Gasteiger partial charge in [0.2, 0.25) is 5.60 Å². The number of rotatable bonds is 8. The van der Waals surface area contributed by atoms with Gasteiger partial charge in [0, 0.05) is 12.3 Å². The van der Waals surface area contributed by atoms with Crippen molar-refractivity contribution in [1.29, 1.82) is 0 Å². The fourth-order valence-corrected chi connectivity index (χ4v) is 3.04. The summed E-state index contributed by atoms with van der Waals surface area (Å²) in [5.41, 5.74) is -7.30. The van der Waals surface area contributed by atoms with Crippen molar-refractivity contribution < 1.29 is 49.8 Å². The van der Waals surface area contributed by atoms with E-state index in [2.05, 4.69) is 15.0 Å². The summed E-state index contributed by atoms with van der Waals surface area (Å²) >= 11 is 0. The summed E-state index contributed by atoms with van der Waals surface area (Å²) in [6.07, 6.45) is -10.8. The maximum absolute atomic E-state index is 13.8. The van der Waals surface area contributed by atoms with Gasteiger partial charge in [0.15, 0.2) is 6.61 Å². The first-order chi connectivity index (χ1) is 17.2. The van der Waals surface area contributed by atoms with E-state index in [4.69, 9.17) is 0 Å². The Labute approximate surface area is 201 Å². The molecule has 1 amide bonds. The number of aliphatic hydroxyl groups is 1. The Kier molecular flexibility index (Phi) is 7.86. The van der Waals surface area contributed by atoms with Crippen molar-refractivity contribution in [3.63, 3.8) is 0 Å². The molecule has 3 rings (SSSR count). The summed E-state index contributed by atoms with van der Waals surface area (Å²) in [4.78, 5) is 28.8. The van der Waals surface area contributed by atoms with E-state index in [0.717, 1.165) is 36.5 Å². The lowest BCUT2D eigenvalue weighted by Gasteiger charge is -2.25. The van der Waals surface area contributed by atoms with Gasteiger partial charge < -0.3 is 15.2 Å². The molecule has 0 atom stereocenters. The van der Waals surface area contributed by atoms with E-state index in [1.165, 1.54) is 0 Å². The molecule has 2 N–H and O–H groups in total. The number of aromatic nitrogens is 2. The van der Waals surface area contributed by atoms with Crippen LogP contribution in [0.3, 0.4) is 0 Å². The molecule has 2 heterocycles. The standard InChI is InChI=1S/C22H15F8N3O4/c23-11-3-5-15(37-10-21(28,29)30)14(8-11)33-7-1-2-13(18(33)35)17(34)32-12-4-6-16(31-9-12)22(36,19(24)25)20(26)27/h1-9,19-20,36H,10H2,(H,32,34). The summed E-state index contributed by atoms with van der Waals surface area (Å²) in [5, 5.41) is 11.8. The summed E-state index contributed by atoms with van der Waals surface area (Å²) in [6, 6.07) is 6.05. The minimum Gasteiger partial charge on any atom is -0.482 e. The smallest absolute Gasteiger partial charge is 0.422 e. The number of ether oxygens (including phenoxy) is 1. The first-order valence-electron chi connectivity index (χ1n) is 10.0. The number of nitrogens with zero attached hydrogens (tertiary/aromatic N) is 2. The average Bonchev–Trinajstić information content (AvgIpc) is 2.82. The molecule has 0 saturated heterocycles. The van der Waals surface area contributed by atoms with Crippen molar-refractivity contribution in [2.24, 2.45) is 0 Å². The lowest BCUT2D eigenvalue weighted by atomic mass is 10.0. The molecule has 0 aliphatic heterocycles. The Balaban J connectivity index is 1.90. The zero-order valence-corrected chi connectivity index (χ0v) is 18.1. The summed E-state index contributed by atoms with van der Waals surface area (Å²) in [5.74, 6) is -2.54. The number of pyridine rings is 2. The van der Waals surface area contributed by atoms with E-state index < -0.39 is 71.2 Å². The maximum Gasteiger partial charge on any atom is 0.422 e. The van der Waals surface area contributed by atoms with E-state index >= 15 is 0 Å². The normalized spacial score (nSPS) is 12.2. The van der Waals surface area contributed by atoms with Gasteiger partial charge in [0.25, 0.3) is 24.3 Å². The van der Waals surface area contributed by atoms with Crippen LogP contribution in [0.5, 0.6) is 5.75 Å². The van der Waals surface area contributed by atoms with E-state index in [0.29, 0.717) is 22.9 Å². The van der Waals surface area contributed by atoms with Crippen molar-refractivity contribution in [3.05, 3.63) is 82.3 Å². The van der Waals surface area contributed by atoms with Crippen molar-refractivity contribution >= 4 is 11.6 Å². The van der Waals surface area contributed by atoms with Crippen molar-refractivity contribution in [1.82, 2.24) is 9.55 Å². The lowest BCUT2D eigenvalue weighted by molar-refractivity contribution is -0.185. The first kappa shape index (κ1) is 27.6. The highest BCUT2D eigenvalue weighted by Gasteiger charge is 2.50. The molecule has 7 nitrogen and oxygen atoms in total. The van der Waals surface area contributed by atoms with Gasteiger partial charge in [-0.25, -0.2) is 22.0 Å². The molecule has 37 heavy (non-hydrogen) atoms. The SMILES string of the molecule is O=C(Nc1ccc(C(O)(C(F)F)C(F)F)nc1)c1cccn(-c2cc(F)ccc2OCC(F)(F)F)c1=O. The quantitative estimate of drug-likeness (QED) is 0.419. The molecule has 0 bridgehead atoms. The molecule has 0 aliphatic carbocycles. The number of halogens is 8. The molecule has 198 valence electrons. The Morgan fingerprint density at radius 1 is 1.08 bits per heavy atom. The maximum atomic E-state index is 13.8. The second-order valence-corrected chi connectivity index (χ2v) is 7.43. The minimum atomic E-state index is -4.73. The third-order valence-electron chi connectivity index (χ3n) is 4.86. The third-order valence-corrected chi connectivity index (χ3v) is 4.86. The van der Waals surface area contributed by atoms with Gasteiger partial charge in [-0.15, -0.1) is 0 Å². The van der Waals surface area contributed by atoms with Crippen LogP contribution >= 0.6 is 0 Å². The molecule has 0 spiro atoms. The molecule has 1 aromatic carbocycles. The number of nitrogens with one attached hydrogen (secondary N) is 1. The third kappa shape index (κ3) is 6.04. The fraction of sp³-hybridized carbons (Fsp3) is 0.227. The Morgan fingerprint density at radius 2 is 1.76 bits per heavy atom. The summed E-state index contributed by atoms with van der Waals surface area (Å²) in [7, 11) is 0. The van der Waals surface area contributed by atoms with E-state index in [1.54, 1.807) is 0 Å². The zero-order valence-electron chi connectivity index (χ0n) is 18.1. The molecule has 0 fully saturated rings. The van der Waals surface area contributed by atoms with Gasteiger partial charge in [-0.05, 0) is 36.4 Å². The largest absolute Gasteiger partial charge is 0.482 e. The Bertz CT molecular complexity index is 1320. The molecule has 0 radical (unpaired) electrons. The monoisotopic (exact) mass is 537 g/mol. The second kappa shape index (κ2) is 10.5. The molecular formula is C22H15F8N3O4. The summed E-state index contributed by atoms with van der Waals surface area (Å²) in [6.45, 7) is -1.74. The number of carbonyl (C=O) groups is 1. The number of hydrogen-bond donors (Lipinski definition) is 2. The molecule has 0 unspecified atom stereocenters. The predicted molar refractivity (Wildman–Crippen MR) is 112 cm³/mol. The fourth-order valence-electron chi connectivity index (χ4n) is 3.04. The van der Waals surface area contributed by atoms with Crippen LogP contribution in [0.15, 0.2) is 59.7 Å². The number of hydrogen-bond acceptors (Lipinski definition) is 5. The van der Waals surface area contributed by atoms with Crippen LogP contribution in [0.2, 0.25) is 0 Å². The number of anilines is 1. The van der Waals surface area contributed by atoms with Crippen molar-refractivity contribution in [2.75, 3.05) is 11.9 Å². The molecular weight excluding hydrogens is 522 g/mol. The van der Waals surface area contributed by atoms with Crippen LogP contribution in [-0.4, -0.2) is 46.2 Å². The predicted octanol–water partition coefficient (Wildman–Crippen LogP) is 4.28. The van der Waals surface area contributed by atoms with Crippen LogP contribution in [-0.2, 0) is 5.60 Å². The molecule has 2 aromatic heterocycles. The molecule has 0 saturated carbocycles. The van der Waals surface area contributed by atoms with Gasteiger partial charge in [-0.1, -0.05) is 0 Å². The zero-order chi connectivity index (χ0) is 27.5. The van der Waals surface area contributed by atoms with E-state index in [-0.39, 0.29) is 5.69 Å². The van der Waals surface area contributed by atoms with Crippen LogP contribution in [0.1, 0.15) is 16.1 Å². The van der Waals surface area contributed by atoms with Gasteiger partial charge in [0.05, 0.1) is 23.3 Å². The van der Waals surface area contributed by atoms with Crippen LogP contribution in [0.4, 0.5) is 40.8 Å². The molecule has 0 aliphatic rings. The minimum absolute atomic E-state index is 0.241.